The van der Waals surface area contributed by atoms with E-state index < -0.39 is 22.0 Å². The zero-order valence-electron chi connectivity index (χ0n) is 17.4. The van der Waals surface area contributed by atoms with Crippen LogP contribution in [0.25, 0.3) is 10.8 Å². The highest BCUT2D eigenvalue weighted by Gasteiger charge is 2.28. The molecule has 1 aliphatic rings. The highest BCUT2D eigenvalue weighted by molar-refractivity contribution is 7.89. The Labute approximate surface area is 192 Å². The van der Waals surface area contributed by atoms with Gasteiger partial charge in [0.2, 0.25) is 10.0 Å². The van der Waals surface area contributed by atoms with Crippen LogP contribution in [0.3, 0.4) is 0 Å². The summed E-state index contributed by atoms with van der Waals surface area (Å²) in [4.78, 5) is 13.2. The van der Waals surface area contributed by atoms with E-state index in [0.717, 1.165) is 18.7 Å². The number of nitrogens with one attached hydrogen (secondary N) is 3. The number of hydrogen-bond acceptors (Lipinski definition) is 5. The SMILES string of the molecule is O=C(NN1CCNCC1)[C@H](Cc1ccccc1)NS(=O)(=O)c1cccc2c(Cl)cccc12. The molecule has 1 aliphatic heterocycles. The predicted molar refractivity (Wildman–Crippen MR) is 126 cm³/mol. The fraction of sp³-hybridized carbons (Fsp3) is 0.261. The first-order chi connectivity index (χ1) is 15.4. The van der Waals surface area contributed by atoms with E-state index in [1.54, 1.807) is 30.3 Å². The summed E-state index contributed by atoms with van der Waals surface area (Å²) in [6, 6.07) is 18.4. The van der Waals surface area contributed by atoms with E-state index in [9.17, 15) is 13.2 Å². The fourth-order valence-electron chi connectivity index (χ4n) is 3.78. The minimum absolute atomic E-state index is 0.0885. The average Bonchev–Trinajstić information content (AvgIpc) is 2.80. The first-order valence-corrected chi connectivity index (χ1v) is 12.3. The maximum absolute atomic E-state index is 13.4. The number of nitrogens with zero attached hydrogens (tertiary/aromatic N) is 1. The third kappa shape index (κ3) is 5.28. The van der Waals surface area contributed by atoms with Gasteiger partial charge in [0.15, 0.2) is 0 Å². The summed E-state index contributed by atoms with van der Waals surface area (Å²) in [5, 5.41) is 6.65. The number of fused-ring (bicyclic) bond motifs is 1. The number of piperazine rings is 1. The number of amides is 1. The van der Waals surface area contributed by atoms with Crippen LogP contribution >= 0.6 is 11.6 Å². The van der Waals surface area contributed by atoms with Gasteiger partial charge < -0.3 is 5.32 Å². The molecule has 1 atom stereocenters. The van der Waals surface area contributed by atoms with Gasteiger partial charge in [-0.05, 0) is 24.1 Å². The van der Waals surface area contributed by atoms with Crippen LogP contribution in [0.5, 0.6) is 0 Å². The summed E-state index contributed by atoms with van der Waals surface area (Å²) in [7, 11) is -4.01. The molecule has 168 valence electrons. The molecule has 32 heavy (non-hydrogen) atoms. The second kappa shape index (κ2) is 9.97. The quantitative estimate of drug-likeness (QED) is 0.491. The Bertz CT molecular complexity index is 1200. The largest absolute Gasteiger partial charge is 0.314 e. The van der Waals surface area contributed by atoms with Gasteiger partial charge in [-0.25, -0.2) is 13.4 Å². The lowest BCUT2D eigenvalue weighted by atomic mass is 10.1. The van der Waals surface area contributed by atoms with Gasteiger partial charge in [-0.15, -0.1) is 0 Å². The van der Waals surface area contributed by atoms with Crippen molar-refractivity contribution in [3.05, 3.63) is 77.3 Å². The number of rotatable bonds is 7. The van der Waals surface area contributed by atoms with Gasteiger partial charge >= 0.3 is 0 Å². The van der Waals surface area contributed by atoms with Crippen molar-refractivity contribution in [3.8, 4) is 0 Å². The van der Waals surface area contributed by atoms with E-state index in [2.05, 4.69) is 15.5 Å². The van der Waals surface area contributed by atoms with Crippen molar-refractivity contribution in [1.29, 1.82) is 0 Å². The molecular formula is C23H25ClN4O3S. The lowest BCUT2D eigenvalue weighted by Crippen LogP contribution is -2.57. The van der Waals surface area contributed by atoms with Gasteiger partial charge in [0.1, 0.15) is 6.04 Å². The molecular weight excluding hydrogens is 448 g/mol. The third-order valence-corrected chi connectivity index (χ3v) is 7.26. The van der Waals surface area contributed by atoms with Crippen LogP contribution < -0.4 is 15.5 Å². The Balaban J connectivity index is 1.63. The lowest BCUT2D eigenvalue weighted by molar-refractivity contribution is -0.127. The molecule has 4 rings (SSSR count). The van der Waals surface area contributed by atoms with Gasteiger partial charge in [0.25, 0.3) is 5.91 Å². The molecule has 0 saturated carbocycles. The molecule has 0 aromatic heterocycles. The normalized spacial score (nSPS) is 16.0. The van der Waals surface area contributed by atoms with Crippen LogP contribution in [-0.2, 0) is 21.2 Å². The molecule has 3 N–H and O–H groups in total. The Kier molecular flexibility index (Phi) is 7.07. The molecule has 0 unspecified atom stereocenters. The highest BCUT2D eigenvalue weighted by Crippen LogP contribution is 2.28. The van der Waals surface area contributed by atoms with Crippen molar-refractivity contribution in [2.75, 3.05) is 26.2 Å². The minimum atomic E-state index is -4.01. The Morgan fingerprint density at radius 1 is 0.969 bits per heavy atom. The van der Waals surface area contributed by atoms with Gasteiger partial charge in [-0.1, -0.05) is 66.2 Å². The molecule has 3 aromatic rings. The zero-order valence-corrected chi connectivity index (χ0v) is 19.0. The number of sulfonamides is 1. The number of halogens is 1. The number of hydrazine groups is 1. The second-order valence-electron chi connectivity index (χ2n) is 7.67. The van der Waals surface area contributed by atoms with Gasteiger partial charge in [0, 0.05) is 42.0 Å². The van der Waals surface area contributed by atoms with Crippen LogP contribution in [0.15, 0.2) is 71.6 Å². The Morgan fingerprint density at radius 3 is 2.41 bits per heavy atom. The molecule has 9 heteroatoms. The summed E-state index contributed by atoms with van der Waals surface area (Å²) < 4.78 is 29.4. The first-order valence-electron chi connectivity index (χ1n) is 10.4. The van der Waals surface area contributed by atoms with Crippen LogP contribution in [0.4, 0.5) is 0 Å². The molecule has 1 amide bonds. The Morgan fingerprint density at radius 2 is 1.66 bits per heavy atom. The first kappa shape index (κ1) is 22.7. The molecule has 0 spiro atoms. The van der Waals surface area contributed by atoms with Crippen LogP contribution in [0.2, 0.25) is 5.02 Å². The van der Waals surface area contributed by atoms with E-state index in [4.69, 9.17) is 11.6 Å². The van der Waals surface area contributed by atoms with Crippen LogP contribution in [0, 0.1) is 0 Å². The van der Waals surface area contributed by atoms with Crippen molar-refractivity contribution in [2.45, 2.75) is 17.4 Å². The summed E-state index contributed by atoms with van der Waals surface area (Å²) in [5.41, 5.74) is 3.72. The average molecular weight is 473 g/mol. The molecule has 1 fully saturated rings. The predicted octanol–water partition coefficient (Wildman–Crippen LogP) is 2.32. The molecule has 0 bridgehead atoms. The number of carbonyl (C=O) groups excluding carboxylic acids is 1. The summed E-state index contributed by atoms with van der Waals surface area (Å²) in [6.07, 6.45) is 0.226. The molecule has 7 nitrogen and oxygen atoms in total. The fourth-order valence-corrected chi connectivity index (χ4v) is 5.43. The molecule has 3 aromatic carbocycles. The number of benzene rings is 3. The lowest BCUT2D eigenvalue weighted by Gasteiger charge is -2.29. The van der Waals surface area contributed by atoms with Gasteiger partial charge in [-0.2, -0.15) is 4.72 Å². The highest BCUT2D eigenvalue weighted by atomic mass is 35.5. The maximum atomic E-state index is 13.4. The second-order valence-corrected chi connectivity index (χ2v) is 9.76. The molecule has 1 heterocycles. The van der Waals surface area contributed by atoms with Crippen molar-refractivity contribution < 1.29 is 13.2 Å². The van der Waals surface area contributed by atoms with E-state index in [0.29, 0.717) is 28.9 Å². The van der Waals surface area contributed by atoms with Crippen molar-refractivity contribution >= 4 is 38.3 Å². The van der Waals surface area contributed by atoms with Crippen LogP contribution in [0.1, 0.15) is 5.56 Å². The maximum Gasteiger partial charge on any atom is 0.252 e. The monoisotopic (exact) mass is 472 g/mol. The molecule has 0 aliphatic carbocycles. The van der Waals surface area contributed by atoms with Crippen molar-refractivity contribution in [2.24, 2.45) is 0 Å². The molecule has 0 radical (unpaired) electrons. The number of carbonyl (C=O) groups is 1. The Hall–Kier alpha value is -2.49. The van der Waals surface area contributed by atoms with Gasteiger partial charge in [0.05, 0.1) is 4.90 Å². The minimum Gasteiger partial charge on any atom is -0.314 e. The topological polar surface area (TPSA) is 90.5 Å². The van der Waals surface area contributed by atoms with Crippen LogP contribution in [-0.4, -0.2) is 51.6 Å². The third-order valence-electron chi connectivity index (χ3n) is 5.40. The standard InChI is InChI=1S/C23H25ClN4O3S/c24-20-10-4-9-19-18(20)8-5-11-22(19)32(30,31)27-21(16-17-6-2-1-3-7-17)23(29)26-28-14-12-25-13-15-28/h1-11,21,25,27H,12-16H2,(H,26,29)/t21-/m0/s1. The number of hydrogen-bond donors (Lipinski definition) is 3. The smallest absolute Gasteiger partial charge is 0.252 e. The zero-order chi connectivity index (χ0) is 22.6. The summed E-state index contributed by atoms with van der Waals surface area (Å²) >= 11 is 6.26. The van der Waals surface area contributed by atoms with E-state index >= 15 is 0 Å². The summed E-state index contributed by atoms with van der Waals surface area (Å²) in [5.74, 6) is -0.391. The van der Waals surface area contributed by atoms with E-state index in [1.807, 2.05) is 35.3 Å². The van der Waals surface area contributed by atoms with Crippen molar-refractivity contribution in [3.63, 3.8) is 0 Å². The van der Waals surface area contributed by atoms with E-state index in [1.165, 1.54) is 6.07 Å². The van der Waals surface area contributed by atoms with Gasteiger partial charge in [-0.3, -0.25) is 10.2 Å². The van der Waals surface area contributed by atoms with E-state index in [-0.39, 0.29) is 11.3 Å². The van der Waals surface area contributed by atoms with Crippen molar-refractivity contribution in [1.82, 2.24) is 20.5 Å². The summed E-state index contributed by atoms with van der Waals surface area (Å²) in [6.45, 7) is 2.81. The molecule has 1 saturated heterocycles.